The number of nitrogens with one attached hydrogen (secondary N) is 1. The summed E-state index contributed by atoms with van der Waals surface area (Å²) >= 11 is 5.19. The molecule has 1 rings (SSSR count). The van der Waals surface area contributed by atoms with Gasteiger partial charge in [-0.2, -0.15) is 0 Å². The summed E-state index contributed by atoms with van der Waals surface area (Å²) in [6, 6.07) is 9.69. The van der Waals surface area contributed by atoms with E-state index in [0.717, 1.165) is 5.69 Å². The minimum Gasteiger partial charge on any atom is -0.370 e. The van der Waals surface area contributed by atoms with E-state index in [2.05, 4.69) is 0 Å². The Bertz CT molecular complexity index is 363. The van der Waals surface area contributed by atoms with Crippen molar-refractivity contribution in [3.05, 3.63) is 30.3 Å². The second kappa shape index (κ2) is 4.75. The molecule has 0 atom stereocenters. The Kier molecular flexibility index (Phi) is 3.62. The standard InChI is InChI=1S/C10H14N4S/c1-13(8-6-4-3-5-7-8)10(15)14(2)9(11)12/h3-7H,1-2H3,(H3,11,12). The molecule has 80 valence electrons. The van der Waals surface area contributed by atoms with Crippen molar-refractivity contribution in [2.45, 2.75) is 0 Å². The molecule has 0 aliphatic heterocycles. The van der Waals surface area contributed by atoms with Crippen LogP contribution in [-0.2, 0) is 0 Å². The molecule has 1 aromatic rings. The third-order valence-corrected chi connectivity index (χ3v) is 2.63. The fraction of sp³-hybridized carbons (Fsp3) is 0.200. The number of anilines is 1. The lowest BCUT2D eigenvalue weighted by molar-refractivity contribution is 0.732. The van der Waals surface area contributed by atoms with Crippen molar-refractivity contribution < 1.29 is 0 Å². The predicted molar refractivity (Wildman–Crippen MR) is 67.1 cm³/mol. The fourth-order valence-corrected chi connectivity index (χ4v) is 1.29. The summed E-state index contributed by atoms with van der Waals surface area (Å²) in [4.78, 5) is 3.25. The zero-order valence-electron chi connectivity index (χ0n) is 8.77. The number of para-hydroxylation sites is 1. The highest BCUT2D eigenvalue weighted by atomic mass is 32.1. The van der Waals surface area contributed by atoms with E-state index in [1.54, 1.807) is 11.9 Å². The molecular formula is C10H14N4S. The van der Waals surface area contributed by atoms with E-state index in [1.165, 1.54) is 4.90 Å². The summed E-state index contributed by atoms with van der Waals surface area (Å²) in [5, 5.41) is 7.77. The first-order valence-corrected chi connectivity index (χ1v) is 4.85. The number of thiocarbonyl (C=S) groups is 1. The number of benzene rings is 1. The molecule has 0 spiro atoms. The number of rotatable bonds is 1. The number of hydrogen-bond donors (Lipinski definition) is 2. The van der Waals surface area contributed by atoms with E-state index >= 15 is 0 Å². The summed E-state index contributed by atoms with van der Waals surface area (Å²) in [6.07, 6.45) is 0. The zero-order valence-corrected chi connectivity index (χ0v) is 9.58. The molecule has 4 nitrogen and oxygen atoms in total. The molecule has 0 heterocycles. The van der Waals surface area contributed by atoms with Gasteiger partial charge in [0.05, 0.1) is 0 Å². The molecule has 0 bridgehead atoms. The number of nitrogens with two attached hydrogens (primary N) is 1. The van der Waals surface area contributed by atoms with Crippen LogP contribution in [0.5, 0.6) is 0 Å². The zero-order chi connectivity index (χ0) is 11.4. The Labute approximate surface area is 94.8 Å². The summed E-state index contributed by atoms with van der Waals surface area (Å²) in [5.74, 6) is -0.0669. The Morgan fingerprint density at radius 1 is 1.27 bits per heavy atom. The molecule has 5 heteroatoms. The molecule has 0 fully saturated rings. The van der Waals surface area contributed by atoms with Gasteiger partial charge in [-0.3, -0.25) is 10.3 Å². The van der Waals surface area contributed by atoms with Gasteiger partial charge < -0.3 is 10.6 Å². The molecule has 0 aromatic heterocycles. The fourth-order valence-electron chi connectivity index (χ4n) is 1.09. The van der Waals surface area contributed by atoms with Crippen molar-refractivity contribution >= 4 is 29.0 Å². The van der Waals surface area contributed by atoms with Gasteiger partial charge in [0.2, 0.25) is 0 Å². The predicted octanol–water partition coefficient (Wildman–Crippen LogP) is 1.23. The summed E-state index contributed by atoms with van der Waals surface area (Å²) in [7, 11) is 3.52. The Hall–Kier alpha value is -1.62. The van der Waals surface area contributed by atoms with E-state index in [-0.39, 0.29) is 5.96 Å². The molecule has 15 heavy (non-hydrogen) atoms. The van der Waals surface area contributed by atoms with Crippen LogP contribution in [0.3, 0.4) is 0 Å². The quantitative estimate of drug-likeness (QED) is 0.426. The van der Waals surface area contributed by atoms with Gasteiger partial charge in [-0.05, 0) is 24.4 Å². The summed E-state index contributed by atoms with van der Waals surface area (Å²) in [5.41, 5.74) is 6.32. The van der Waals surface area contributed by atoms with Gasteiger partial charge in [-0.25, -0.2) is 0 Å². The average molecular weight is 222 g/mol. The minimum atomic E-state index is -0.0669. The van der Waals surface area contributed by atoms with E-state index in [0.29, 0.717) is 5.11 Å². The highest BCUT2D eigenvalue weighted by Gasteiger charge is 2.12. The molecular weight excluding hydrogens is 208 g/mol. The molecule has 0 saturated heterocycles. The third-order valence-electron chi connectivity index (χ3n) is 2.08. The largest absolute Gasteiger partial charge is 0.370 e. The van der Waals surface area contributed by atoms with Gasteiger partial charge in [0.15, 0.2) is 11.1 Å². The van der Waals surface area contributed by atoms with Crippen LogP contribution in [0.25, 0.3) is 0 Å². The lowest BCUT2D eigenvalue weighted by Crippen LogP contribution is -2.45. The van der Waals surface area contributed by atoms with Crippen molar-refractivity contribution in [3.63, 3.8) is 0 Å². The van der Waals surface area contributed by atoms with Crippen molar-refractivity contribution in [1.82, 2.24) is 4.90 Å². The Morgan fingerprint density at radius 3 is 2.27 bits per heavy atom. The Balaban J connectivity index is 2.82. The van der Waals surface area contributed by atoms with Crippen molar-refractivity contribution in [3.8, 4) is 0 Å². The average Bonchev–Trinajstić information content (AvgIpc) is 2.27. The SMILES string of the molecule is CN(C(=N)N)C(=S)N(C)c1ccccc1. The van der Waals surface area contributed by atoms with E-state index in [4.69, 9.17) is 23.4 Å². The van der Waals surface area contributed by atoms with Gasteiger partial charge in [0.1, 0.15) is 0 Å². The first-order chi connectivity index (χ1) is 7.04. The maximum absolute atomic E-state index is 7.28. The molecule has 1 aromatic carbocycles. The molecule has 0 saturated carbocycles. The van der Waals surface area contributed by atoms with Crippen LogP contribution in [0.4, 0.5) is 5.69 Å². The van der Waals surface area contributed by atoms with Gasteiger partial charge in [-0.1, -0.05) is 18.2 Å². The van der Waals surface area contributed by atoms with Crippen molar-refractivity contribution in [1.29, 1.82) is 5.41 Å². The molecule has 0 unspecified atom stereocenters. The van der Waals surface area contributed by atoms with Gasteiger partial charge in [-0.15, -0.1) is 0 Å². The van der Waals surface area contributed by atoms with Gasteiger partial charge in [0.25, 0.3) is 0 Å². The maximum Gasteiger partial charge on any atom is 0.194 e. The molecule has 0 amide bonds. The summed E-state index contributed by atoms with van der Waals surface area (Å²) < 4.78 is 0. The highest BCUT2D eigenvalue weighted by molar-refractivity contribution is 7.80. The van der Waals surface area contributed by atoms with Crippen LogP contribution in [0.1, 0.15) is 0 Å². The van der Waals surface area contributed by atoms with Crippen molar-refractivity contribution in [2.75, 3.05) is 19.0 Å². The molecule has 0 aliphatic carbocycles. The van der Waals surface area contributed by atoms with Crippen LogP contribution in [0.15, 0.2) is 30.3 Å². The van der Waals surface area contributed by atoms with E-state index in [9.17, 15) is 0 Å². The van der Waals surface area contributed by atoms with Crippen LogP contribution in [0.2, 0.25) is 0 Å². The summed E-state index contributed by atoms with van der Waals surface area (Å²) in [6.45, 7) is 0. The normalized spacial score (nSPS) is 9.47. The first kappa shape index (κ1) is 11.5. The monoisotopic (exact) mass is 222 g/mol. The second-order valence-electron chi connectivity index (χ2n) is 3.12. The molecule has 0 aliphatic rings. The van der Waals surface area contributed by atoms with Crippen LogP contribution >= 0.6 is 12.2 Å². The van der Waals surface area contributed by atoms with Crippen LogP contribution in [-0.4, -0.2) is 30.1 Å². The highest BCUT2D eigenvalue weighted by Crippen LogP contribution is 2.12. The lowest BCUT2D eigenvalue weighted by atomic mass is 10.3. The van der Waals surface area contributed by atoms with Crippen molar-refractivity contribution in [2.24, 2.45) is 5.73 Å². The number of hydrogen-bond acceptors (Lipinski definition) is 2. The number of nitrogens with zero attached hydrogens (tertiary/aromatic N) is 2. The maximum atomic E-state index is 7.28. The van der Waals surface area contributed by atoms with E-state index in [1.807, 2.05) is 37.4 Å². The van der Waals surface area contributed by atoms with Gasteiger partial charge in [0, 0.05) is 19.8 Å². The van der Waals surface area contributed by atoms with Crippen LogP contribution < -0.4 is 10.6 Å². The first-order valence-electron chi connectivity index (χ1n) is 4.44. The number of guanidine groups is 1. The van der Waals surface area contributed by atoms with Crippen LogP contribution in [0, 0.1) is 5.41 Å². The Morgan fingerprint density at radius 2 is 1.80 bits per heavy atom. The molecule has 0 radical (unpaired) electrons. The minimum absolute atomic E-state index is 0.0669. The van der Waals surface area contributed by atoms with Gasteiger partial charge >= 0.3 is 0 Å². The lowest BCUT2D eigenvalue weighted by Gasteiger charge is -2.26. The second-order valence-corrected chi connectivity index (χ2v) is 3.49. The third kappa shape index (κ3) is 2.66. The molecule has 3 N–H and O–H groups in total. The smallest absolute Gasteiger partial charge is 0.194 e. The topological polar surface area (TPSA) is 56.4 Å². The van der Waals surface area contributed by atoms with E-state index < -0.39 is 0 Å².